The summed E-state index contributed by atoms with van der Waals surface area (Å²) in [5.74, 6) is 1.26. The minimum Gasteiger partial charge on any atom is -0.493 e. The van der Waals surface area contributed by atoms with Gasteiger partial charge in [0.05, 0.1) is 33.3 Å². The van der Waals surface area contributed by atoms with Crippen LogP contribution < -0.4 is 19.5 Å². The molecule has 11 nitrogen and oxygen atoms in total. The number of urea groups is 1. The van der Waals surface area contributed by atoms with Gasteiger partial charge in [-0.3, -0.25) is 0 Å². The van der Waals surface area contributed by atoms with Gasteiger partial charge >= 0.3 is 6.03 Å². The number of aromatic nitrogens is 2. The molecule has 0 bridgehead atoms. The molecule has 0 spiro atoms. The van der Waals surface area contributed by atoms with Gasteiger partial charge in [-0.1, -0.05) is 0 Å². The van der Waals surface area contributed by atoms with Crippen molar-refractivity contribution in [2.75, 3.05) is 52.8 Å². The molecule has 170 valence electrons. The molecule has 2 aromatic rings. The van der Waals surface area contributed by atoms with Crippen molar-refractivity contribution in [2.24, 2.45) is 7.05 Å². The fraction of sp³-hybridized carbons (Fsp3) is 0.474. The number of amides is 2. The summed E-state index contributed by atoms with van der Waals surface area (Å²) in [6, 6.07) is 2.93. The number of methoxy groups -OCH3 is 3. The molecule has 2 heterocycles. The third-order valence-corrected chi connectivity index (χ3v) is 6.73. The van der Waals surface area contributed by atoms with Gasteiger partial charge in [0.15, 0.2) is 16.5 Å². The Bertz CT molecular complexity index is 1010. The van der Waals surface area contributed by atoms with Crippen molar-refractivity contribution in [3.63, 3.8) is 0 Å². The smallest absolute Gasteiger partial charge is 0.321 e. The lowest BCUT2D eigenvalue weighted by Crippen LogP contribution is -2.39. The van der Waals surface area contributed by atoms with Gasteiger partial charge in [0.25, 0.3) is 10.0 Å². The standard InChI is InChI=1S/C19H27N5O6S/c1-22-12-17(20-13-22)31(26,27)24-7-5-6-23(8-9-24)19(25)21-14-10-15(28-2)18(30-4)16(11-14)29-3/h10-13H,5-9H2,1-4H3,(H,21,25). The number of hydrogen-bond acceptors (Lipinski definition) is 7. The number of rotatable bonds is 6. The van der Waals surface area contributed by atoms with Crippen molar-refractivity contribution in [3.05, 3.63) is 24.7 Å². The molecule has 3 rings (SSSR count). The molecule has 2 amide bonds. The van der Waals surface area contributed by atoms with E-state index in [9.17, 15) is 13.2 Å². The number of benzene rings is 1. The maximum atomic E-state index is 12.8. The largest absolute Gasteiger partial charge is 0.493 e. The van der Waals surface area contributed by atoms with Crippen molar-refractivity contribution in [3.8, 4) is 17.2 Å². The van der Waals surface area contributed by atoms with Crippen LogP contribution in [-0.4, -0.2) is 80.7 Å². The quantitative estimate of drug-likeness (QED) is 0.702. The van der Waals surface area contributed by atoms with Gasteiger partial charge < -0.3 is 29.0 Å². The minimum absolute atomic E-state index is 0.00493. The van der Waals surface area contributed by atoms with Gasteiger partial charge in [-0.05, 0) is 6.42 Å². The van der Waals surface area contributed by atoms with Crippen LogP contribution in [0.5, 0.6) is 17.2 Å². The van der Waals surface area contributed by atoms with E-state index in [1.165, 1.54) is 38.2 Å². The monoisotopic (exact) mass is 453 g/mol. The van der Waals surface area contributed by atoms with Crippen molar-refractivity contribution in [2.45, 2.75) is 11.4 Å². The maximum Gasteiger partial charge on any atom is 0.321 e. The minimum atomic E-state index is -3.70. The van der Waals surface area contributed by atoms with Crippen LogP contribution in [0, 0.1) is 0 Å². The maximum absolute atomic E-state index is 12.8. The first-order valence-electron chi connectivity index (χ1n) is 9.64. The highest BCUT2D eigenvalue weighted by atomic mass is 32.2. The molecular weight excluding hydrogens is 426 g/mol. The van der Waals surface area contributed by atoms with Gasteiger partial charge in [-0.15, -0.1) is 0 Å². The van der Waals surface area contributed by atoms with Crippen LogP contribution in [0.25, 0.3) is 0 Å². The molecule has 31 heavy (non-hydrogen) atoms. The molecular formula is C19H27N5O6S. The number of nitrogens with one attached hydrogen (secondary N) is 1. The second-order valence-electron chi connectivity index (χ2n) is 6.97. The predicted octanol–water partition coefficient (Wildman–Crippen LogP) is 1.37. The van der Waals surface area contributed by atoms with Crippen LogP contribution in [0.15, 0.2) is 29.7 Å². The van der Waals surface area contributed by atoms with E-state index in [4.69, 9.17) is 14.2 Å². The molecule has 1 saturated heterocycles. The first kappa shape index (κ1) is 22.7. The summed E-state index contributed by atoms with van der Waals surface area (Å²) in [5.41, 5.74) is 0.474. The molecule has 0 aliphatic carbocycles. The average Bonchev–Trinajstić information content (AvgIpc) is 3.04. The third-order valence-electron chi connectivity index (χ3n) is 4.94. The normalized spacial score (nSPS) is 15.3. The summed E-state index contributed by atoms with van der Waals surface area (Å²) in [6.07, 6.45) is 3.42. The van der Waals surface area contributed by atoms with Crippen LogP contribution in [0.1, 0.15) is 6.42 Å². The summed E-state index contributed by atoms with van der Waals surface area (Å²) >= 11 is 0. The molecule has 12 heteroatoms. The first-order chi connectivity index (χ1) is 14.8. The molecule has 1 aliphatic rings. The SMILES string of the molecule is COc1cc(NC(=O)N2CCCN(S(=O)(=O)c3cn(C)cn3)CC2)cc(OC)c1OC. The Morgan fingerprint density at radius 2 is 1.71 bits per heavy atom. The number of ether oxygens (including phenoxy) is 3. The number of anilines is 1. The zero-order chi connectivity index (χ0) is 22.6. The zero-order valence-corrected chi connectivity index (χ0v) is 18.8. The summed E-state index contributed by atoms with van der Waals surface area (Å²) in [5, 5.41) is 2.82. The Labute approximate surface area is 181 Å². The number of carbonyl (C=O) groups excluding carboxylic acids is 1. The second-order valence-corrected chi connectivity index (χ2v) is 8.85. The Balaban J connectivity index is 1.70. The topological polar surface area (TPSA) is 115 Å². The van der Waals surface area contributed by atoms with Gasteiger partial charge in [-0.2, -0.15) is 4.31 Å². The predicted molar refractivity (Wildman–Crippen MR) is 113 cm³/mol. The van der Waals surface area contributed by atoms with E-state index in [2.05, 4.69) is 10.3 Å². The van der Waals surface area contributed by atoms with E-state index in [1.807, 2.05) is 0 Å². The van der Waals surface area contributed by atoms with E-state index in [0.717, 1.165) is 0 Å². The van der Waals surface area contributed by atoms with Crippen LogP contribution >= 0.6 is 0 Å². The van der Waals surface area contributed by atoms with Gasteiger partial charge in [-0.25, -0.2) is 18.2 Å². The molecule has 1 aromatic carbocycles. The zero-order valence-electron chi connectivity index (χ0n) is 18.0. The Morgan fingerprint density at radius 3 is 2.26 bits per heavy atom. The molecule has 1 aromatic heterocycles. The van der Waals surface area contributed by atoms with Crippen molar-refractivity contribution in [1.29, 1.82) is 0 Å². The lowest BCUT2D eigenvalue weighted by atomic mass is 10.2. The number of nitrogens with zero attached hydrogens (tertiary/aromatic N) is 4. The fourth-order valence-corrected chi connectivity index (χ4v) is 4.78. The first-order valence-corrected chi connectivity index (χ1v) is 11.1. The molecule has 1 N–H and O–H groups in total. The van der Waals surface area contributed by atoms with Crippen LogP contribution in [-0.2, 0) is 17.1 Å². The Kier molecular flexibility index (Phi) is 6.91. The summed E-state index contributed by atoms with van der Waals surface area (Å²) in [4.78, 5) is 18.4. The summed E-state index contributed by atoms with van der Waals surface area (Å²) in [6.45, 7) is 1.17. The van der Waals surface area contributed by atoms with Gasteiger partial charge in [0.2, 0.25) is 5.75 Å². The molecule has 1 fully saturated rings. The average molecular weight is 454 g/mol. The van der Waals surface area contributed by atoms with E-state index in [1.54, 1.807) is 28.6 Å². The number of hydrogen-bond donors (Lipinski definition) is 1. The highest BCUT2D eigenvalue weighted by molar-refractivity contribution is 7.89. The fourth-order valence-electron chi connectivity index (χ4n) is 3.35. The van der Waals surface area contributed by atoms with E-state index >= 15 is 0 Å². The van der Waals surface area contributed by atoms with E-state index in [0.29, 0.717) is 42.4 Å². The highest BCUT2D eigenvalue weighted by Gasteiger charge is 2.30. The number of carbonyl (C=O) groups is 1. The van der Waals surface area contributed by atoms with Crippen LogP contribution in [0.4, 0.5) is 10.5 Å². The molecule has 0 unspecified atom stereocenters. The van der Waals surface area contributed by atoms with Crippen molar-refractivity contribution in [1.82, 2.24) is 18.8 Å². The van der Waals surface area contributed by atoms with E-state index < -0.39 is 10.0 Å². The lowest BCUT2D eigenvalue weighted by molar-refractivity contribution is 0.214. The van der Waals surface area contributed by atoms with E-state index in [-0.39, 0.29) is 24.1 Å². The Morgan fingerprint density at radius 1 is 1.03 bits per heavy atom. The van der Waals surface area contributed by atoms with Gasteiger partial charge in [0, 0.05) is 51.6 Å². The second kappa shape index (κ2) is 9.43. The number of sulfonamides is 1. The van der Waals surface area contributed by atoms with Crippen molar-refractivity contribution >= 4 is 21.7 Å². The number of imidazole rings is 1. The lowest BCUT2D eigenvalue weighted by Gasteiger charge is -2.22. The summed E-state index contributed by atoms with van der Waals surface area (Å²) in [7, 11) is 2.50. The van der Waals surface area contributed by atoms with Crippen LogP contribution in [0.2, 0.25) is 0 Å². The molecule has 0 radical (unpaired) electrons. The van der Waals surface area contributed by atoms with Crippen LogP contribution in [0.3, 0.4) is 0 Å². The number of aryl methyl sites for hydroxylation is 1. The molecule has 0 atom stereocenters. The third kappa shape index (κ3) is 4.85. The summed E-state index contributed by atoms with van der Waals surface area (Å²) < 4.78 is 44.5. The Hall–Kier alpha value is -2.99. The molecule has 1 aliphatic heterocycles. The van der Waals surface area contributed by atoms with Gasteiger partial charge in [0.1, 0.15) is 0 Å². The van der Waals surface area contributed by atoms with Crippen molar-refractivity contribution < 1.29 is 27.4 Å². The highest BCUT2D eigenvalue weighted by Crippen LogP contribution is 2.40. The molecule has 0 saturated carbocycles.